The van der Waals surface area contributed by atoms with Gasteiger partial charge < -0.3 is 20.1 Å². The number of nitrogens with one attached hydrogen (secondary N) is 2. The number of thiocarbonyl (C=S) groups is 1. The molecule has 2 N–H and O–H groups in total. The number of hydrogen-bond acceptors (Lipinski definition) is 3. The first kappa shape index (κ1) is 24.5. The highest BCUT2D eigenvalue weighted by molar-refractivity contribution is 7.80. The number of carbonyl (C=O) groups is 1. The first-order valence-corrected chi connectivity index (χ1v) is 13.4. The highest BCUT2D eigenvalue weighted by Gasteiger charge is 2.42. The number of aromatic nitrogens is 2. The van der Waals surface area contributed by atoms with E-state index in [1.807, 2.05) is 45.2 Å². The number of anilines is 2. The van der Waals surface area contributed by atoms with E-state index >= 15 is 0 Å². The van der Waals surface area contributed by atoms with Gasteiger partial charge in [-0.05, 0) is 80.0 Å². The van der Waals surface area contributed by atoms with Gasteiger partial charge in [0.2, 0.25) is 5.91 Å². The van der Waals surface area contributed by atoms with Gasteiger partial charge in [0, 0.05) is 41.4 Å². The van der Waals surface area contributed by atoms with Gasteiger partial charge in [0.15, 0.2) is 5.11 Å². The van der Waals surface area contributed by atoms with Gasteiger partial charge >= 0.3 is 0 Å². The molecule has 2 aromatic heterocycles. The summed E-state index contributed by atoms with van der Waals surface area (Å²) in [6.07, 6.45) is 10.4. The number of nitrogens with zero attached hydrogens (tertiary/aromatic N) is 3. The Hall–Kier alpha value is -3.19. The lowest BCUT2D eigenvalue weighted by molar-refractivity contribution is -0.118. The summed E-state index contributed by atoms with van der Waals surface area (Å²) in [4.78, 5) is 19.2. The summed E-state index contributed by atoms with van der Waals surface area (Å²) in [7, 11) is 0. The van der Waals surface area contributed by atoms with Crippen molar-refractivity contribution < 1.29 is 4.79 Å². The smallest absolute Gasteiger partial charge is 0.226 e. The highest BCUT2D eigenvalue weighted by atomic mass is 32.1. The lowest BCUT2D eigenvalue weighted by Gasteiger charge is -2.32. The molecule has 188 valence electrons. The number of amides is 1. The van der Waals surface area contributed by atoms with Crippen molar-refractivity contribution in [1.82, 2.24) is 14.9 Å². The fraction of sp³-hybridized carbons (Fsp3) is 0.414. The second-order valence-electron chi connectivity index (χ2n) is 10.3. The Bertz CT molecular complexity index is 1230. The van der Waals surface area contributed by atoms with Crippen LogP contribution < -0.4 is 15.5 Å². The molecule has 7 heteroatoms. The average molecular weight is 502 g/mol. The fourth-order valence-corrected chi connectivity index (χ4v) is 5.84. The molecular weight excluding hydrogens is 466 g/mol. The predicted molar refractivity (Wildman–Crippen MR) is 149 cm³/mol. The minimum atomic E-state index is -0.0736. The van der Waals surface area contributed by atoms with Crippen molar-refractivity contribution in [2.75, 3.05) is 10.2 Å². The van der Waals surface area contributed by atoms with E-state index in [1.54, 1.807) is 0 Å². The maximum Gasteiger partial charge on any atom is 0.226 e. The molecule has 2 atom stereocenters. The van der Waals surface area contributed by atoms with E-state index in [0.29, 0.717) is 11.2 Å². The number of aryl methyl sites for hydroxylation is 1. The normalized spacial score (nSPS) is 20.6. The maximum absolute atomic E-state index is 12.3. The maximum atomic E-state index is 12.3. The Labute approximate surface area is 219 Å². The third-order valence-corrected chi connectivity index (χ3v) is 7.77. The Morgan fingerprint density at radius 2 is 1.92 bits per heavy atom. The summed E-state index contributed by atoms with van der Waals surface area (Å²) in [5, 5.41) is 7.31. The second-order valence-corrected chi connectivity index (χ2v) is 10.7. The molecule has 0 radical (unpaired) electrons. The van der Waals surface area contributed by atoms with Gasteiger partial charge in [0.25, 0.3) is 0 Å². The molecule has 0 unspecified atom stereocenters. The number of pyridine rings is 1. The van der Waals surface area contributed by atoms with Crippen molar-refractivity contribution in [2.24, 2.45) is 5.92 Å². The summed E-state index contributed by atoms with van der Waals surface area (Å²) in [6, 6.07) is 17.0. The molecule has 1 aliphatic heterocycles. The van der Waals surface area contributed by atoms with E-state index in [1.165, 1.54) is 37.8 Å². The van der Waals surface area contributed by atoms with E-state index in [2.05, 4.69) is 56.6 Å². The summed E-state index contributed by atoms with van der Waals surface area (Å²) in [6.45, 7) is 5.83. The summed E-state index contributed by atoms with van der Waals surface area (Å²) < 4.78 is 2.48. The largest absolute Gasteiger partial charge is 0.351 e. The monoisotopic (exact) mass is 501 g/mol. The molecule has 2 aliphatic rings. The summed E-state index contributed by atoms with van der Waals surface area (Å²) in [5.41, 5.74) is 5.07. The predicted octanol–water partition coefficient (Wildman–Crippen LogP) is 6.47. The van der Waals surface area contributed by atoms with Crippen LogP contribution in [0.2, 0.25) is 0 Å². The van der Waals surface area contributed by atoms with Crippen LogP contribution in [0.1, 0.15) is 81.0 Å². The zero-order valence-electron chi connectivity index (χ0n) is 21.3. The Balaban J connectivity index is 1.55. The third kappa shape index (κ3) is 4.76. The lowest BCUT2D eigenvalue weighted by atomic mass is 9.94. The standard InChI is InChI=1S/C29H35N5OS/c1-19(2)28(35)31-23-15-14-22(18-20(23)3)34-27(26(32-29(34)36)24-12-7-8-16-30-24)25-13-9-17-33(25)21-10-5-4-6-11-21/h7-9,12-19,21,26-27H,4-6,10-11H2,1-3H3,(H,31,35)(H,32,36)/t26-,27-/m0/s1. The number of carbonyl (C=O) groups excluding carboxylic acids is 1. The van der Waals surface area contributed by atoms with Crippen LogP contribution in [0.3, 0.4) is 0 Å². The van der Waals surface area contributed by atoms with Crippen LogP contribution in [-0.2, 0) is 4.79 Å². The Kier molecular flexibility index (Phi) is 7.10. The van der Waals surface area contributed by atoms with Crippen LogP contribution in [0.4, 0.5) is 11.4 Å². The fourth-order valence-electron chi connectivity index (χ4n) is 5.50. The second kappa shape index (κ2) is 10.4. The third-order valence-electron chi connectivity index (χ3n) is 7.45. The SMILES string of the molecule is Cc1cc(N2C(=S)N[C@@H](c3ccccn3)[C@@H]2c2cccn2C2CCCCC2)ccc1NC(=O)C(C)C. The first-order valence-electron chi connectivity index (χ1n) is 13.0. The van der Waals surface area contributed by atoms with Gasteiger partial charge in [0.05, 0.1) is 11.7 Å². The van der Waals surface area contributed by atoms with Crippen molar-refractivity contribution >= 4 is 34.6 Å². The molecule has 1 aliphatic carbocycles. The van der Waals surface area contributed by atoms with Gasteiger partial charge in [-0.15, -0.1) is 0 Å². The Morgan fingerprint density at radius 1 is 1.11 bits per heavy atom. The summed E-state index contributed by atoms with van der Waals surface area (Å²) in [5.74, 6) is -0.0573. The van der Waals surface area contributed by atoms with Crippen LogP contribution in [0, 0.1) is 12.8 Å². The average Bonchev–Trinajstić information content (AvgIpc) is 3.50. The van der Waals surface area contributed by atoms with E-state index in [9.17, 15) is 4.79 Å². The molecule has 2 fully saturated rings. The topological polar surface area (TPSA) is 62.2 Å². The minimum absolute atomic E-state index is 0.0163. The highest BCUT2D eigenvalue weighted by Crippen LogP contribution is 2.44. The van der Waals surface area contributed by atoms with E-state index in [4.69, 9.17) is 17.2 Å². The van der Waals surface area contributed by atoms with Crippen LogP contribution in [0.5, 0.6) is 0 Å². The molecule has 1 aromatic carbocycles. The van der Waals surface area contributed by atoms with Gasteiger partial charge in [0.1, 0.15) is 6.04 Å². The van der Waals surface area contributed by atoms with Crippen molar-refractivity contribution in [3.8, 4) is 0 Å². The quantitative estimate of drug-likeness (QED) is 0.379. The molecule has 0 spiro atoms. The zero-order chi connectivity index (χ0) is 25.2. The van der Waals surface area contributed by atoms with Crippen LogP contribution in [0.15, 0.2) is 60.9 Å². The number of benzene rings is 1. The minimum Gasteiger partial charge on any atom is -0.351 e. The van der Waals surface area contributed by atoms with Crippen molar-refractivity contribution in [2.45, 2.75) is 71.0 Å². The van der Waals surface area contributed by atoms with Gasteiger partial charge in [-0.2, -0.15) is 0 Å². The molecule has 36 heavy (non-hydrogen) atoms. The molecule has 1 saturated heterocycles. The molecule has 1 amide bonds. The van der Waals surface area contributed by atoms with Crippen molar-refractivity contribution in [3.05, 3.63) is 77.9 Å². The zero-order valence-corrected chi connectivity index (χ0v) is 22.1. The first-order chi connectivity index (χ1) is 17.4. The molecule has 0 bridgehead atoms. The van der Waals surface area contributed by atoms with Crippen molar-refractivity contribution in [1.29, 1.82) is 0 Å². The van der Waals surface area contributed by atoms with Gasteiger partial charge in [-0.1, -0.05) is 39.2 Å². The van der Waals surface area contributed by atoms with E-state index in [0.717, 1.165) is 22.6 Å². The Morgan fingerprint density at radius 3 is 2.61 bits per heavy atom. The van der Waals surface area contributed by atoms with Crippen LogP contribution >= 0.6 is 12.2 Å². The van der Waals surface area contributed by atoms with Crippen LogP contribution in [-0.4, -0.2) is 20.6 Å². The summed E-state index contributed by atoms with van der Waals surface area (Å²) >= 11 is 5.94. The number of rotatable bonds is 6. The molecular formula is C29H35N5OS. The van der Waals surface area contributed by atoms with E-state index < -0.39 is 0 Å². The molecule has 6 nitrogen and oxygen atoms in total. The molecule has 5 rings (SSSR count). The van der Waals surface area contributed by atoms with Crippen molar-refractivity contribution in [3.63, 3.8) is 0 Å². The van der Waals surface area contributed by atoms with Crippen LogP contribution in [0.25, 0.3) is 0 Å². The lowest BCUT2D eigenvalue weighted by Crippen LogP contribution is -2.31. The van der Waals surface area contributed by atoms with Gasteiger partial charge in [-0.25, -0.2) is 0 Å². The molecule has 3 heterocycles. The number of hydrogen-bond donors (Lipinski definition) is 2. The molecule has 1 saturated carbocycles. The molecule has 3 aromatic rings. The van der Waals surface area contributed by atoms with Gasteiger partial charge in [-0.3, -0.25) is 9.78 Å². The van der Waals surface area contributed by atoms with E-state index in [-0.39, 0.29) is 23.9 Å².